The van der Waals surface area contributed by atoms with Crippen molar-refractivity contribution in [3.8, 4) is 5.75 Å². The van der Waals surface area contributed by atoms with E-state index >= 15 is 0 Å². The molecule has 0 radical (unpaired) electrons. The second-order valence-electron chi connectivity index (χ2n) is 6.10. The number of benzene rings is 2. The van der Waals surface area contributed by atoms with Gasteiger partial charge in [-0.2, -0.15) is 0 Å². The van der Waals surface area contributed by atoms with Gasteiger partial charge in [0.1, 0.15) is 5.75 Å². The van der Waals surface area contributed by atoms with E-state index in [1.165, 1.54) is 0 Å². The fraction of sp³-hybridized carbons (Fsp3) is 0.190. The number of ketones is 1. The molecule has 2 aromatic carbocycles. The van der Waals surface area contributed by atoms with Gasteiger partial charge in [0.15, 0.2) is 5.78 Å². The van der Waals surface area contributed by atoms with Crippen LogP contribution in [0.25, 0.3) is 6.08 Å². The summed E-state index contributed by atoms with van der Waals surface area (Å²) in [7, 11) is 0. The molecule has 28 heavy (non-hydrogen) atoms. The lowest BCUT2D eigenvalue weighted by Crippen LogP contribution is -2.33. The maximum atomic E-state index is 12.6. The molecule has 1 aliphatic rings. The summed E-state index contributed by atoms with van der Waals surface area (Å²) in [5.74, 6) is -0.00778. The number of rotatable bonds is 7. The number of nitrogens with zero attached hydrogens (tertiary/aromatic N) is 1. The van der Waals surface area contributed by atoms with E-state index in [9.17, 15) is 14.4 Å². The number of carbonyl (C=O) groups is 3. The fourth-order valence-corrected chi connectivity index (χ4v) is 3.93. The largest absolute Gasteiger partial charge is 0.492 e. The first-order valence-electron chi connectivity index (χ1n) is 8.75. The second-order valence-corrected chi connectivity index (χ2v) is 7.94. The van der Waals surface area contributed by atoms with Gasteiger partial charge < -0.3 is 4.74 Å². The number of halogens is 1. The van der Waals surface area contributed by atoms with Crippen molar-refractivity contribution in [2.75, 3.05) is 13.2 Å². The molecule has 0 unspecified atom stereocenters. The molecule has 144 valence electrons. The number of ether oxygens (including phenoxy) is 1. The van der Waals surface area contributed by atoms with Crippen molar-refractivity contribution >= 4 is 50.7 Å². The van der Waals surface area contributed by atoms with Crippen molar-refractivity contribution in [3.05, 3.63) is 69.0 Å². The number of imide groups is 1. The highest BCUT2D eigenvalue weighted by atomic mass is 79.9. The van der Waals surface area contributed by atoms with Gasteiger partial charge in [0.2, 0.25) is 0 Å². The van der Waals surface area contributed by atoms with Crippen LogP contribution in [0.3, 0.4) is 0 Å². The van der Waals surface area contributed by atoms with E-state index in [1.54, 1.807) is 36.4 Å². The average Bonchev–Trinajstić information content (AvgIpc) is 2.95. The molecule has 1 heterocycles. The number of carbonyl (C=O) groups excluding carboxylic acids is 3. The minimum Gasteiger partial charge on any atom is -0.492 e. The summed E-state index contributed by atoms with van der Waals surface area (Å²) in [6, 6.07) is 14.1. The molecule has 0 N–H and O–H groups in total. The lowest BCUT2D eigenvalue weighted by atomic mass is 10.1. The van der Waals surface area contributed by atoms with Gasteiger partial charge in [0.05, 0.1) is 22.5 Å². The maximum Gasteiger partial charge on any atom is 0.293 e. The normalized spacial score (nSPS) is 15.4. The van der Waals surface area contributed by atoms with Gasteiger partial charge in [-0.3, -0.25) is 19.3 Å². The number of thioether (sulfide) groups is 1. The Bertz CT molecular complexity index is 943. The Hall–Kier alpha value is -2.38. The van der Waals surface area contributed by atoms with E-state index in [2.05, 4.69) is 15.9 Å². The highest BCUT2D eigenvalue weighted by Crippen LogP contribution is 2.34. The summed E-state index contributed by atoms with van der Waals surface area (Å²) in [6.07, 6.45) is 2.55. The summed E-state index contributed by atoms with van der Waals surface area (Å²) < 4.78 is 6.38. The van der Waals surface area contributed by atoms with E-state index in [1.807, 2.05) is 25.1 Å². The number of hydrogen-bond acceptors (Lipinski definition) is 5. The molecular weight excluding hydrogens is 442 g/mol. The predicted octanol–water partition coefficient (Wildman–Crippen LogP) is 5.16. The second kappa shape index (κ2) is 9.21. The molecule has 2 amide bonds. The Labute approximate surface area is 175 Å². The Kier molecular flexibility index (Phi) is 6.70. The number of Topliss-reactive ketones (excluding diaryl/α,β-unsaturated/α-hetero) is 1. The topological polar surface area (TPSA) is 63.7 Å². The van der Waals surface area contributed by atoms with Gasteiger partial charge in [0.25, 0.3) is 11.1 Å². The van der Waals surface area contributed by atoms with Gasteiger partial charge in [-0.1, -0.05) is 43.3 Å². The number of hydrogen-bond donors (Lipinski definition) is 0. The Morgan fingerprint density at radius 2 is 1.93 bits per heavy atom. The number of amides is 2. The van der Waals surface area contributed by atoms with Crippen LogP contribution < -0.4 is 4.74 Å². The molecular formula is C21H18BrNO4S. The molecule has 1 saturated heterocycles. The molecule has 1 fully saturated rings. The highest BCUT2D eigenvalue weighted by Gasteiger charge is 2.36. The van der Waals surface area contributed by atoms with Crippen LogP contribution in [-0.4, -0.2) is 35.0 Å². The third kappa shape index (κ3) is 4.72. The summed E-state index contributed by atoms with van der Waals surface area (Å²) in [5.41, 5.74) is 1.23. The zero-order valence-corrected chi connectivity index (χ0v) is 17.6. The highest BCUT2D eigenvalue weighted by molar-refractivity contribution is 9.10. The van der Waals surface area contributed by atoms with E-state index < -0.39 is 11.1 Å². The summed E-state index contributed by atoms with van der Waals surface area (Å²) in [4.78, 5) is 38.5. The summed E-state index contributed by atoms with van der Waals surface area (Å²) in [6.45, 7) is 2.38. The Balaban J connectivity index is 1.74. The van der Waals surface area contributed by atoms with Crippen LogP contribution in [0.4, 0.5) is 4.79 Å². The van der Waals surface area contributed by atoms with Crippen molar-refractivity contribution in [1.82, 2.24) is 4.90 Å². The standard InChI is InChI=1S/C21H18BrNO4S/c1-2-10-27-18-9-8-14(11-16(18)22)12-19-20(25)23(21(26)28-19)13-17(24)15-6-4-3-5-7-15/h3-9,11-12H,2,10,13H2,1H3/b19-12-. The van der Waals surface area contributed by atoms with Crippen LogP contribution in [0.1, 0.15) is 29.3 Å². The minimum absolute atomic E-state index is 0.264. The molecule has 0 spiro atoms. The molecule has 5 nitrogen and oxygen atoms in total. The lowest BCUT2D eigenvalue weighted by molar-refractivity contribution is -0.122. The average molecular weight is 460 g/mol. The van der Waals surface area contributed by atoms with Crippen LogP contribution >= 0.6 is 27.7 Å². The van der Waals surface area contributed by atoms with Crippen molar-refractivity contribution < 1.29 is 19.1 Å². The molecule has 2 aromatic rings. The smallest absolute Gasteiger partial charge is 0.293 e. The van der Waals surface area contributed by atoms with E-state index in [4.69, 9.17) is 4.74 Å². The third-order valence-corrected chi connectivity index (χ3v) is 5.51. The van der Waals surface area contributed by atoms with Crippen LogP contribution in [0.15, 0.2) is 57.9 Å². The molecule has 0 saturated carbocycles. The molecule has 3 rings (SSSR count). The van der Waals surface area contributed by atoms with Crippen LogP contribution in [0, 0.1) is 0 Å². The Morgan fingerprint density at radius 1 is 1.18 bits per heavy atom. The molecule has 0 atom stereocenters. The zero-order chi connectivity index (χ0) is 20.1. The van der Waals surface area contributed by atoms with E-state index in [0.29, 0.717) is 17.1 Å². The van der Waals surface area contributed by atoms with E-state index in [0.717, 1.165) is 38.9 Å². The van der Waals surface area contributed by atoms with Crippen LogP contribution in [-0.2, 0) is 4.79 Å². The molecule has 1 aliphatic heterocycles. The first kappa shape index (κ1) is 20.4. The Morgan fingerprint density at radius 3 is 2.61 bits per heavy atom. The third-order valence-electron chi connectivity index (χ3n) is 3.99. The van der Waals surface area contributed by atoms with Crippen molar-refractivity contribution in [3.63, 3.8) is 0 Å². The molecule has 7 heteroatoms. The molecule has 0 aromatic heterocycles. The van der Waals surface area contributed by atoms with Crippen LogP contribution in [0.2, 0.25) is 0 Å². The molecule has 0 bridgehead atoms. The first-order valence-corrected chi connectivity index (χ1v) is 10.4. The first-order chi connectivity index (χ1) is 13.5. The lowest BCUT2D eigenvalue weighted by Gasteiger charge is -2.11. The van der Waals surface area contributed by atoms with Gasteiger partial charge in [0, 0.05) is 5.56 Å². The van der Waals surface area contributed by atoms with E-state index in [-0.39, 0.29) is 12.3 Å². The fourth-order valence-electron chi connectivity index (χ4n) is 2.58. The molecule has 0 aliphatic carbocycles. The minimum atomic E-state index is -0.457. The maximum absolute atomic E-state index is 12.6. The quantitative estimate of drug-likeness (QED) is 0.422. The zero-order valence-electron chi connectivity index (χ0n) is 15.2. The van der Waals surface area contributed by atoms with Gasteiger partial charge in [-0.25, -0.2) is 0 Å². The van der Waals surface area contributed by atoms with Crippen molar-refractivity contribution in [2.24, 2.45) is 0 Å². The monoisotopic (exact) mass is 459 g/mol. The SMILES string of the molecule is CCCOc1ccc(/C=C2\SC(=O)N(CC(=O)c3ccccc3)C2=O)cc1Br. The van der Waals surface area contributed by atoms with Gasteiger partial charge in [-0.05, 0) is 57.9 Å². The van der Waals surface area contributed by atoms with Crippen molar-refractivity contribution in [1.29, 1.82) is 0 Å². The van der Waals surface area contributed by atoms with Gasteiger partial charge >= 0.3 is 0 Å². The van der Waals surface area contributed by atoms with Crippen LogP contribution in [0.5, 0.6) is 5.75 Å². The predicted molar refractivity (Wildman–Crippen MR) is 113 cm³/mol. The summed E-state index contributed by atoms with van der Waals surface area (Å²) in [5, 5.41) is -0.442. The van der Waals surface area contributed by atoms with Crippen molar-refractivity contribution in [2.45, 2.75) is 13.3 Å². The summed E-state index contributed by atoms with van der Waals surface area (Å²) >= 11 is 4.29. The van der Waals surface area contributed by atoms with Gasteiger partial charge in [-0.15, -0.1) is 0 Å².